The third-order valence-electron chi connectivity index (χ3n) is 2.72. The molecule has 0 aromatic heterocycles. The van der Waals surface area contributed by atoms with Crippen LogP contribution in [0.25, 0.3) is 0 Å². The van der Waals surface area contributed by atoms with Crippen LogP contribution in [0.2, 0.25) is 0 Å². The normalized spacial score (nSPS) is 28.6. The number of urea groups is 1. The molecule has 1 aliphatic heterocycles. The highest BCUT2D eigenvalue weighted by molar-refractivity contribution is 5.93. The Morgan fingerprint density at radius 3 is 3.07 bits per heavy atom. The summed E-state index contributed by atoms with van der Waals surface area (Å²) < 4.78 is 4.85. The molecule has 0 aromatic rings. The van der Waals surface area contributed by atoms with Gasteiger partial charge in [0, 0.05) is 0 Å². The van der Waals surface area contributed by atoms with Crippen LogP contribution < -0.4 is 5.32 Å². The average molecular weight is 210 g/mol. The van der Waals surface area contributed by atoms with Gasteiger partial charge in [0.05, 0.1) is 18.7 Å². The van der Waals surface area contributed by atoms with E-state index in [0.717, 1.165) is 6.42 Å². The summed E-state index contributed by atoms with van der Waals surface area (Å²) in [6.07, 6.45) is 4.97. The van der Waals surface area contributed by atoms with Crippen LogP contribution in [0.15, 0.2) is 12.2 Å². The van der Waals surface area contributed by atoms with Gasteiger partial charge >= 0.3 is 12.1 Å². The van der Waals surface area contributed by atoms with Crippen molar-refractivity contribution in [1.29, 1.82) is 0 Å². The number of nitrogens with one attached hydrogen (secondary N) is 1. The van der Waals surface area contributed by atoms with E-state index in [1.165, 1.54) is 4.90 Å². The number of rotatable bonds is 1. The van der Waals surface area contributed by atoms with E-state index in [1.54, 1.807) is 6.92 Å². The first-order chi connectivity index (χ1) is 7.24. The molecule has 0 bridgehead atoms. The van der Waals surface area contributed by atoms with Crippen molar-refractivity contribution in [2.24, 2.45) is 0 Å². The highest BCUT2D eigenvalue weighted by atomic mass is 16.6. The fourth-order valence-electron chi connectivity index (χ4n) is 2.03. The van der Waals surface area contributed by atoms with Crippen molar-refractivity contribution in [3.05, 3.63) is 12.2 Å². The van der Waals surface area contributed by atoms with Gasteiger partial charge in [-0.15, -0.1) is 0 Å². The van der Waals surface area contributed by atoms with E-state index in [2.05, 4.69) is 5.32 Å². The molecule has 5 nitrogen and oxygen atoms in total. The van der Waals surface area contributed by atoms with E-state index in [9.17, 15) is 9.59 Å². The Bertz CT molecular complexity index is 314. The number of amides is 3. The van der Waals surface area contributed by atoms with E-state index in [4.69, 9.17) is 4.74 Å². The maximum atomic E-state index is 11.5. The lowest BCUT2D eigenvalue weighted by molar-refractivity contribution is 0.109. The molecular formula is C10H14N2O3. The molecule has 15 heavy (non-hydrogen) atoms. The Kier molecular flexibility index (Phi) is 2.62. The zero-order chi connectivity index (χ0) is 10.8. The second-order valence-electron chi connectivity index (χ2n) is 3.64. The topological polar surface area (TPSA) is 58.6 Å². The first-order valence-corrected chi connectivity index (χ1v) is 5.15. The number of imide groups is 1. The highest BCUT2D eigenvalue weighted by Gasteiger charge is 2.43. The van der Waals surface area contributed by atoms with Crippen molar-refractivity contribution in [1.82, 2.24) is 10.2 Å². The number of fused-ring (bicyclic) bond motifs is 1. The lowest BCUT2D eigenvalue weighted by Gasteiger charge is -2.24. The summed E-state index contributed by atoms with van der Waals surface area (Å²) in [6.45, 7) is 2.01. The van der Waals surface area contributed by atoms with Crippen molar-refractivity contribution in [2.75, 3.05) is 6.61 Å². The van der Waals surface area contributed by atoms with Crippen LogP contribution in [0.5, 0.6) is 0 Å². The van der Waals surface area contributed by atoms with Crippen LogP contribution in [0, 0.1) is 0 Å². The zero-order valence-corrected chi connectivity index (χ0v) is 8.60. The largest absolute Gasteiger partial charge is 0.449 e. The Balaban J connectivity index is 2.13. The molecule has 1 N–H and O–H groups in total. The predicted octanol–water partition coefficient (Wildman–Crippen LogP) is 1.26. The van der Waals surface area contributed by atoms with Gasteiger partial charge in [-0.3, -0.25) is 0 Å². The van der Waals surface area contributed by atoms with Gasteiger partial charge in [-0.1, -0.05) is 12.2 Å². The SMILES string of the molecule is CCOC(=O)N1C(=O)N[C@@H]2CC=CC[C@H]21. The van der Waals surface area contributed by atoms with E-state index >= 15 is 0 Å². The molecular weight excluding hydrogens is 196 g/mol. The van der Waals surface area contributed by atoms with Crippen LogP contribution in [-0.4, -0.2) is 35.7 Å². The summed E-state index contributed by atoms with van der Waals surface area (Å²) in [6, 6.07) is -0.374. The summed E-state index contributed by atoms with van der Waals surface area (Å²) >= 11 is 0. The molecule has 3 amide bonds. The average Bonchev–Trinajstić information content (AvgIpc) is 2.54. The maximum absolute atomic E-state index is 11.5. The summed E-state index contributed by atoms with van der Waals surface area (Å²) in [5, 5.41) is 2.78. The van der Waals surface area contributed by atoms with Gasteiger partial charge in [0.2, 0.25) is 0 Å². The molecule has 0 spiro atoms. The van der Waals surface area contributed by atoms with E-state index < -0.39 is 6.09 Å². The molecule has 0 unspecified atom stereocenters. The summed E-state index contributed by atoms with van der Waals surface area (Å²) in [5.41, 5.74) is 0. The molecule has 1 heterocycles. The van der Waals surface area contributed by atoms with Crippen LogP contribution in [-0.2, 0) is 4.74 Å². The van der Waals surface area contributed by atoms with Crippen LogP contribution in [0.1, 0.15) is 19.8 Å². The Morgan fingerprint density at radius 1 is 1.60 bits per heavy atom. The van der Waals surface area contributed by atoms with Crippen LogP contribution in [0.4, 0.5) is 9.59 Å². The van der Waals surface area contributed by atoms with Crippen molar-refractivity contribution in [3.63, 3.8) is 0 Å². The Hall–Kier alpha value is -1.52. The molecule has 0 saturated carbocycles. The smallest absolute Gasteiger partial charge is 0.418 e. The monoisotopic (exact) mass is 210 g/mol. The van der Waals surface area contributed by atoms with E-state index in [-0.39, 0.29) is 24.7 Å². The Labute approximate surface area is 88.1 Å². The zero-order valence-electron chi connectivity index (χ0n) is 8.60. The van der Waals surface area contributed by atoms with Gasteiger partial charge in [0.15, 0.2) is 0 Å². The van der Waals surface area contributed by atoms with Crippen molar-refractivity contribution in [2.45, 2.75) is 31.8 Å². The molecule has 82 valence electrons. The van der Waals surface area contributed by atoms with Gasteiger partial charge in [-0.25, -0.2) is 14.5 Å². The van der Waals surface area contributed by atoms with Gasteiger partial charge in [-0.05, 0) is 19.8 Å². The summed E-state index contributed by atoms with van der Waals surface area (Å²) in [4.78, 5) is 24.3. The van der Waals surface area contributed by atoms with Gasteiger partial charge < -0.3 is 10.1 Å². The lowest BCUT2D eigenvalue weighted by Crippen LogP contribution is -2.41. The fraction of sp³-hybridized carbons (Fsp3) is 0.600. The van der Waals surface area contributed by atoms with E-state index in [0.29, 0.717) is 6.42 Å². The highest BCUT2D eigenvalue weighted by Crippen LogP contribution is 2.24. The molecule has 1 saturated heterocycles. The fourth-order valence-corrected chi connectivity index (χ4v) is 2.03. The minimum atomic E-state index is -0.544. The number of carbonyl (C=O) groups excluding carboxylic acids is 2. The second kappa shape index (κ2) is 3.92. The molecule has 0 aromatic carbocycles. The first-order valence-electron chi connectivity index (χ1n) is 5.15. The van der Waals surface area contributed by atoms with Gasteiger partial charge in [-0.2, -0.15) is 0 Å². The van der Waals surface area contributed by atoms with E-state index in [1.807, 2.05) is 12.2 Å². The quantitative estimate of drug-likeness (QED) is 0.663. The minimum Gasteiger partial charge on any atom is -0.449 e. The molecule has 1 fully saturated rings. The lowest BCUT2D eigenvalue weighted by atomic mass is 9.97. The molecule has 2 aliphatic rings. The number of ether oxygens (including phenoxy) is 1. The van der Waals surface area contributed by atoms with Gasteiger partial charge in [0.1, 0.15) is 0 Å². The standard InChI is InChI=1S/C10H14N2O3/c1-2-15-10(14)12-8-6-4-3-5-7(8)11-9(12)13/h3-4,7-8H,2,5-6H2,1H3,(H,11,13)/t7-,8-/m1/s1. The number of carbonyl (C=O) groups is 2. The molecule has 2 rings (SSSR count). The number of hydrogen-bond donors (Lipinski definition) is 1. The molecule has 5 heteroatoms. The van der Waals surface area contributed by atoms with Gasteiger partial charge in [0.25, 0.3) is 0 Å². The third-order valence-corrected chi connectivity index (χ3v) is 2.72. The van der Waals surface area contributed by atoms with Crippen molar-refractivity contribution >= 4 is 12.1 Å². The Morgan fingerprint density at radius 2 is 2.33 bits per heavy atom. The molecule has 0 radical (unpaired) electrons. The third kappa shape index (κ3) is 1.69. The van der Waals surface area contributed by atoms with Crippen molar-refractivity contribution in [3.8, 4) is 0 Å². The second-order valence-corrected chi connectivity index (χ2v) is 3.64. The molecule has 1 aliphatic carbocycles. The number of nitrogens with zero attached hydrogens (tertiary/aromatic N) is 1. The first kappa shape index (κ1) is 10.0. The van der Waals surface area contributed by atoms with Crippen molar-refractivity contribution < 1.29 is 14.3 Å². The van der Waals surface area contributed by atoms with Crippen LogP contribution in [0.3, 0.4) is 0 Å². The molecule has 2 atom stereocenters. The number of hydrogen-bond acceptors (Lipinski definition) is 3. The van der Waals surface area contributed by atoms with Crippen LogP contribution >= 0.6 is 0 Å². The summed E-state index contributed by atoms with van der Waals surface area (Å²) in [7, 11) is 0. The summed E-state index contributed by atoms with van der Waals surface area (Å²) in [5.74, 6) is 0. The maximum Gasteiger partial charge on any atom is 0.418 e. The predicted molar refractivity (Wildman–Crippen MR) is 53.3 cm³/mol. The minimum absolute atomic E-state index is 0.0481.